The van der Waals surface area contributed by atoms with Crippen molar-refractivity contribution in [3.63, 3.8) is 0 Å². The van der Waals surface area contributed by atoms with Gasteiger partial charge in [-0.25, -0.2) is 18.7 Å². The van der Waals surface area contributed by atoms with Crippen molar-refractivity contribution in [3.05, 3.63) is 119 Å². The fourth-order valence-corrected chi connectivity index (χ4v) is 3.55. The van der Waals surface area contributed by atoms with Crippen molar-refractivity contribution in [2.75, 3.05) is 0 Å². The highest BCUT2D eigenvalue weighted by Gasteiger charge is 2.06. The van der Waals surface area contributed by atoms with Gasteiger partial charge in [-0.1, -0.05) is 48.3 Å². The largest absolute Gasteiger partial charge is 0.241 e. The molecule has 0 saturated heterocycles. The smallest absolute Gasteiger partial charge is 0.166 e. The Bertz CT molecular complexity index is 1330. The number of nitrogens with zero attached hydrogens (tertiary/aromatic N) is 2. The van der Waals surface area contributed by atoms with Crippen molar-refractivity contribution in [1.82, 2.24) is 9.97 Å². The lowest BCUT2D eigenvalue weighted by atomic mass is 10.1. The molecule has 0 unspecified atom stereocenters. The van der Waals surface area contributed by atoms with E-state index in [1.807, 2.05) is 31.5 Å². The van der Waals surface area contributed by atoms with Gasteiger partial charge in [0.25, 0.3) is 0 Å². The Labute approximate surface area is 193 Å². The van der Waals surface area contributed by atoms with Gasteiger partial charge in [0.15, 0.2) is 11.6 Å². The van der Waals surface area contributed by atoms with Crippen LogP contribution in [0.5, 0.6) is 0 Å². The molecule has 0 spiro atoms. The molecule has 0 amide bonds. The highest BCUT2D eigenvalue weighted by atomic mass is 19.2. The monoisotopic (exact) mass is 438 g/mol. The molecule has 0 N–H and O–H groups in total. The van der Waals surface area contributed by atoms with Crippen LogP contribution in [0.3, 0.4) is 0 Å². The highest BCUT2D eigenvalue weighted by molar-refractivity contribution is 5.84. The summed E-state index contributed by atoms with van der Waals surface area (Å²) in [4.78, 5) is 8.97. The summed E-state index contributed by atoms with van der Waals surface area (Å²) in [5, 5.41) is 0.890. The van der Waals surface area contributed by atoms with E-state index < -0.39 is 11.6 Å². The molecule has 164 valence electrons. The third kappa shape index (κ3) is 5.90. The molecule has 0 aliphatic heterocycles. The van der Waals surface area contributed by atoms with Crippen LogP contribution in [0, 0.1) is 23.5 Å². The summed E-state index contributed by atoms with van der Waals surface area (Å²) < 4.78 is 27.2. The van der Waals surface area contributed by atoms with E-state index >= 15 is 0 Å². The highest BCUT2D eigenvalue weighted by Crippen LogP contribution is 2.21. The van der Waals surface area contributed by atoms with Crippen LogP contribution < -0.4 is 0 Å². The number of fused-ring (bicyclic) bond motifs is 1. The van der Waals surface area contributed by atoms with Crippen LogP contribution in [0.4, 0.5) is 8.78 Å². The van der Waals surface area contributed by atoms with Crippen LogP contribution in [0.1, 0.15) is 41.4 Å². The maximum Gasteiger partial charge on any atom is 0.166 e. The molecule has 0 fully saturated rings. The standard InChI is InChI=1S/C29H24F2N2/c1-2-3-4-5-24-19-32-28(33-20-24)17-13-22-8-6-21(7-9-22)10-11-23-12-15-26-25(18-23)14-16-27(30)29(26)31/h2-3,6-9,12,14-16,18-20H,4-5,13,17H2,1H3/b3-2+. The maximum absolute atomic E-state index is 13.8. The predicted octanol–water partition coefficient (Wildman–Crippen LogP) is 6.60. The van der Waals surface area contributed by atoms with E-state index in [9.17, 15) is 8.78 Å². The summed E-state index contributed by atoms with van der Waals surface area (Å²) in [5.41, 5.74) is 4.00. The lowest BCUT2D eigenvalue weighted by Gasteiger charge is -2.03. The van der Waals surface area contributed by atoms with Gasteiger partial charge in [0, 0.05) is 35.3 Å². The Hall–Kier alpha value is -3.84. The molecule has 0 aliphatic rings. The number of rotatable bonds is 6. The van der Waals surface area contributed by atoms with Gasteiger partial charge in [0.05, 0.1) is 0 Å². The van der Waals surface area contributed by atoms with Crippen LogP contribution >= 0.6 is 0 Å². The molecule has 0 saturated carbocycles. The molecule has 3 aromatic carbocycles. The van der Waals surface area contributed by atoms with E-state index in [0.29, 0.717) is 5.39 Å². The van der Waals surface area contributed by atoms with E-state index in [1.54, 1.807) is 24.3 Å². The van der Waals surface area contributed by atoms with Gasteiger partial charge < -0.3 is 0 Å². The molecule has 0 atom stereocenters. The molecule has 0 bridgehead atoms. The molecule has 4 aromatic rings. The van der Waals surface area contributed by atoms with Crippen LogP contribution in [0.2, 0.25) is 0 Å². The van der Waals surface area contributed by atoms with Crippen LogP contribution in [0.25, 0.3) is 10.8 Å². The number of aromatic nitrogens is 2. The van der Waals surface area contributed by atoms with E-state index in [2.05, 4.69) is 46.1 Å². The minimum absolute atomic E-state index is 0.261. The first-order valence-electron chi connectivity index (χ1n) is 11.0. The topological polar surface area (TPSA) is 25.8 Å². The SMILES string of the molecule is C/C=C/CCc1cnc(CCc2ccc(C#Cc3ccc4c(F)c(F)ccc4c3)cc2)nc1. The Balaban J connectivity index is 1.36. The second kappa shape index (κ2) is 10.7. The van der Waals surface area contributed by atoms with E-state index in [-0.39, 0.29) is 5.39 Å². The minimum Gasteiger partial charge on any atom is -0.241 e. The molecule has 1 heterocycles. The van der Waals surface area contributed by atoms with E-state index in [1.165, 1.54) is 5.56 Å². The number of allylic oxidation sites excluding steroid dienone is 2. The van der Waals surface area contributed by atoms with Crippen molar-refractivity contribution in [3.8, 4) is 11.8 Å². The molecular weight excluding hydrogens is 414 g/mol. The van der Waals surface area contributed by atoms with Gasteiger partial charge in [0.1, 0.15) is 5.82 Å². The second-order valence-electron chi connectivity index (χ2n) is 7.86. The summed E-state index contributed by atoms with van der Waals surface area (Å²) in [5.74, 6) is 5.41. The van der Waals surface area contributed by atoms with Crippen molar-refractivity contribution in [2.45, 2.75) is 32.6 Å². The Morgan fingerprint density at radius 3 is 2.27 bits per heavy atom. The molecule has 0 radical (unpaired) electrons. The van der Waals surface area contributed by atoms with E-state index in [4.69, 9.17) is 0 Å². The Kier molecular flexibility index (Phi) is 7.22. The third-order valence-corrected chi connectivity index (χ3v) is 5.44. The van der Waals surface area contributed by atoms with Gasteiger partial charge in [-0.3, -0.25) is 0 Å². The molecule has 0 aliphatic carbocycles. The van der Waals surface area contributed by atoms with Gasteiger partial charge >= 0.3 is 0 Å². The average molecular weight is 439 g/mol. The summed E-state index contributed by atoms with van der Waals surface area (Å²) in [6.07, 6.45) is 11.7. The number of benzene rings is 3. The molecule has 4 heteroatoms. The van der Waals surface area contributed by atoms with Crippen molar-refractivity contribution in [1.29, 1.82) is 0 Å². The zero-order valence-corrected chi connectivity index (χ0v) is 18.5. The first-order valence-corrected chi connectivity index (χ1v) is 11.0. The number of halogens is 2. The van der Waals surface area contributed by atoms with Crippen molar-refractivity contribution < 1.29 is 8.78 Å². The molecular formula is C29H24F2N2. The van der Waals surface area contributed by atoms with Gasteiger partial charge in [-0.05, 0) is 73.0 Å². The lowest BCUT2D eigenvalue weighted by Crippen LogP contribution is -1.99. The molecule has 1 aromatic heterocycles. The first-order chi connectivity index (χ1) is 16.1. The quantitative estimate of drug-likeness (QED) is 0.250. The maximum atomic E-state index is 13.8. The summed E-state index contributed by atoms with van der Waals surface area (Å²) in [6, 6.07) is 15.9. The van der Waals surface area contributed by atoms with Crippen LogP contribution in [0.15, 0.2) is 79.1 Å². The Morgan fingerprint density at radius 1 is 0.788 bits per heavy atom. The molecule has 4 rings (SSSR count). The predicted molar refractivity (Wildman–Crippen MR) is 129 cm³/mol. The van der Waals surface area contributed by atoms with E-state index in [0.717, 1.165) is 54.3 Å². The summed E-state index contributed by atoms with van der Waals surface area (Å²) in [6.45, 7) is 2.02. The van der Waals surface area contributed by atoms with Gasteiger partial charge in [0.2, 0.25) is 0 Å². The van der Waals surface area contributed by atoms with Crippen molar-refractivity contribution in [2.24, 2.45) is 0 Å². The van der Waals surface area contributed by atoms with Crippen molar-refractivity contribution >= 4 is 10.8 Å². The number of hydrogen-bond donors (Lipinski definition) is 0. The second-order valence-corrected chi connectivity index (χ2v) is 7.86. The first kappa shape index (κ1) is 22.4. The molecule has 33 heavy (non-hydrogen) atoms. The zero-order valence-electron chi connectivity index (χ0n) is 18.5. The normalized spacial score (nSPS) is 11.0. The summed E-state index contributed by atoms with van der Waals surface area (Å²) in [7, 11) is 0. The lowest BCUT2D eigenvalue weighted by molar-refractivity contribution is 0.517. The average Bonchev–Trinajstić information content (AvgIpc) is 2.85. The number of hydrogen-bond acceptors (Lipinski definition) is 2. The van der Waals surface area contributed by atoms with Crippen LogP contribution in [-0.2, 0) is 19.3 Å². The zero-order chi connectivity index (χ0) is 23.0. The third-order valence-electron chi connectivity index (χ3n) is 5.44. The Morgan fingerprint density at radius 2 is 1.52 bits per heavy atom. The summed E-state index contributed by atoms with van der Waals surface area (Å²) >= 11 is 0. The van der Waals surface area contributed by atoms with Gasteiger partial charge in [-0.15, -0.1) is 0 Å². The van der Waals surface area contributed by atoms with Gasteiger partial charge in [-0.2, -0.15) is 0 Å². The minimum atomic E-state index is -0.843. The fourth-order valence-electron chi connectivity index (χ4n) is 3.55. The number of aryl methyl sites for hydroxylation is 3. The fraction of sp³-hybridized carbons (Fsp3) is 0.172. The molecule has 2 nitrogen and oxygen atoms in total. The van der Waals surface area contributed by atoms with Crippen LogP contribution in [-0.4, -0.2) is 9.97 Å².